The molecule has 3 aromatic rings. The Morgan fingerprint density at radius 2 is 1.88 bits per heavy atom. The molecule has 1 aromatic carbocycles. The molecule has 0 spiro atoms. The average Bonchev–Trinajstić information content (AvgIpc) is 3.19. The van der Waals surface area contributed by atoms with Crippen molar-refractivity contribution in [2.75, 3.05) is 4.90 Å². The molecule has 3 heterocycles. The first kappa shape index (κ1) is 15.8. The van der Waals surface area contributed by atoms with Crippen LogP contribution in [0.2, 0.25) is 0 Å². The van der Waals surface area contributed by atoms with Gasteiger partial charge in [0.2, 0.25) is 0 Å². The van der Waals surface area contributed by atoms with Gasteiger partial charge in [0.1, 0.15) is 11.9 Å². The third-order valence-electron chi connectivity index (χ3n) is 4.49. The standard InChI is InChI=1S/C19H17FN4S/c1-23-12-4-6-16(23)18-17(15-5-2-3-11-21-15)22-19(25)24(18)14-9-7-13(20)8-10-14/h2-12,17-18H,1H3,(H,22,25)/t17-,18+/m0/s1. The van der Waals surface area contributed by atoms with Crippen molar-refractivity contribution >= 4 is 23.0 Å². The van der Waals surface area contributed by atoms with Crippen molar-refractivity contribution in [1.82, 2.24) is 14.9 Å². The normalized spacial score (nSPS) is 19.9. The van der Waals surface area contributed by atoms with Crippen molar-refractivity contribution in [2.45, 2.75) is 12.1 Å². The molecule has 1 aliphatic rings. The van der Waals surface area contributed by atoms with E-state index in [2.05, 4.69) is 20.9 Å². The Kier molecular flexibility index (Phi) is 3.97. The van der Waals surface area contributed by atoms with Gasteiger partial charge in [-0.05, 0) is 60.7 Å². The van der Waals surface area contributed by atoms with Gasteiger partial charge in [-0.15, -0.1) is 0 Å². The van der Waals surface area contributed by atoms with E-state index >= 15 is 0 Å². The first-order valence-corrected chi connectivity index (χ1v) is 8.43. The third-order valence-corrected chi connectivity index (χ3v) is 4.80. The molecule has 0 amide bonds. The summed E-state index contributed by atoms with van der Waals surface area (Å²) >= 11 is 5.61. The summed E-state index contributed by atoms with van der Waals surface area (Å²) in [5.74, 6) is -0.265. The number of nitrogens with zero attached hydrogens (tertiary/aromatic N) is 3. The van der Waals surface area contributed by atoms with Crippen molar-refractivity contribution in [2.24, 2.45) is 7.05 Å². The van der Waals surface area contributed by atoms with Gasteiger partial charge in [-0.25, -0.2) is 4.39 Å². The van der Waals surface area contributed by atoms with Crippen LogP contribution in [-0.4, -0.2) is 14.7 Å². The van der Waals surface area contributed by atoms with Gasteiger partial charge in [0.25, 0.3) is 0 Å². The van der Waals surface area contributed by atoms with Gasteiger partial charge < -0.3 is 14.8 Å². The quantitative estimate of drug-likeness (QED) is 0.728. The van der Waals surface area contributed by atoms with E-state index in [0.717, 1.165) is 17.1 Å². The van der Waals surface area contributed by atoms with Gasteiger partial charge in [-0.2, -0.15) is 0 Å². The summed E-state index contributed by atoms with van der Waals surface area (Å²) in [6.07, 6.45) is 3.79. The molecule has 0 aliphatic carbocycles. The Morgan fingerprint density at radius 1 is 1.08 bits per heavy atom. The monoisotopic (exact) mass is 352 g/mol. The first-order chi connectivity index (χ1) is 12.1. The number of aryl methyl sites for hydroxylation is 1. The number of thiocarbonyl (C=S) groups is 1. The summed E-state index contributed by atoms with van der Waals surface area (Å²) in [6, 6.07) is 16.2. The Labute approximate surface area is 150 Å². The molecule has 25 heavy (non-hydrogen) atoms. The van der Waals surface area contributed by atoms with E-state index in [1.54, 1.807) is 18.3 Å². The van der Waals surface area contributed by atoms with E-state index in [9.17, 15) is 4.39 Å². The topological polar surface area (TPSA) is 33.1 Å². The highest BCUT2D eigenvalue weighted by Gasteiger charge is 2.41. The van der Waals surface area contributed by atoms with Crippen molar-refractivity contribution in [1.29, 1.82) is 0 Å². The second-order valence-electron chi connectivity index (χ2n) is 6.02. The molecular weight excluding hydrogens is 335 g/mol. The lowest BCUT2D eigenvalue weighted by Gasteiger charge is -2.28. The zero-order valence-corrected chi connectivity index (χ0v) is 14.4. The summed E-state index contributed by atoms with van der Waals surface area (Å²) in [6.45, 7) is 0. The zero-order chi connectivity index (χ0) is 17.4. The van der Waals surface area contributed by atoms with Gasteiger partial charge in [-0.3, -0.25) is 4.98 Å². The zero-order valence-electron chi connectivity index (χ0n) is 13.6. The van der Waals surface area contributed by atoms with Crippen molar-refractivity contribution in [3.63, 3.8) is 0 Å². The minimum atomic E-state index is -0.265. The highest BCUT2D eigenvalue weighted by molar-refractivity contribution is 7.80. The van der Waals surface area contributed by atoms with Gasteiger partial charge in [0, 0.05) is 30.8 Å². The molecule has 0 radical (unpaired) electrons. The lowest BCUT2D eigenvalue weighted by molar-refractivity contribution is 0.541. The fraction of sp³-hybridized carbons (Fsp3) is 0.158. The third kappa shape index (κ3) is 2.78. The van der Waals surface area contributed by atoms with E-state index < -0.39 is 0 Å². The van der Waals surface area contributed by atoms with Gasteiger partial charge in [0.15, 0.2) is 5.11 Å². The molecular formula is C19H17FN4S. The summed E-state index contributed by atoms with van der Waals surface area (Å²) in [5, 5.41) is 3.99. The Balaban J connectivity index is 1.83. The molecule has 0 bridgehead atoms. The van der Waals surface area contributed by atoms with E-state index in [-0.39, 0.29) is 17.9 Å². The number of nitrogens with one attached hydrogen (secondary N) is 1. The lowest BCUT2D eigenvalue weighted by atomic mass is 10.0. The number of hydrogen-bond donors (Lipinski definition) is 1. The smallest absolute Gasteiger partial charge is 0.174 e. The highest BCUT2D eigenvalue weighted by atomic mass is 32.1. The molecule has 1 aliphatic heterocycles. The van der Waals surface area contributed by atoms with Crippen molar-refractivity contribution in [3.05, 3.63) is 84.2 Å². The molecule has 1 saturated heterocycles. The summed E-state index contributed by atoms with van der Waals surface area (Å²) in [4.78, 5) is 6.54. The second kappa shape index (κ2) is 6.29. The van der Waals surface area contributed by atoms with E-state index in [1.807, 2.05) is 42.4 Å². The van der Waals surface area contributed by atoms with E-state index in [4.69, 9.17) is 12.2 Å². The molecule has 1 N–H and O–H groups in total. The molecule has 0 saturated carbocycles. The van der Waals surface area contributed by atoms with Crippen LogP contribution in [0.1, 0.15) is 23.5 Å². The largest absolute Gasteiger partial charge is 0.353 e. The fourth-order valence-electron chi connectivity index (χ4n) is 3.32. The summed E-state index contributed by atoms with van der Waals surface area (Å²) in [5.41, 5.74) is 2.87. The second-order valence-corrected chi connectivity index (χ2v) is 6.40. The number of halogens is 1. The maximum atomic E-state index is 13.4. The van der Waals surface area contributed by atoms with Crippen LogP contribution in [0.25, 0.3) is 0 Å². The van der Waals surface area contributed by atoms with Crippen LogP contribution in [0.4, 0.5) is 10.1 Å². The molecule has 126 valence electrons. The summed E-state index contributed by atoms with van der Waals surface area (Å²) < 4.78 is 15.4. The number of aromatic nitrogens is 2. The number of benzene rings is 1. The fourth-order valence-corrected chi connectivity index (χ4v) is 3.66. The van der Waals surface area contributed by atoms with Crippen LogP contribution in [0.3, 0.4) is 0 Å². The molecule has 2 aromatic heterocycles. The lowest BCUT2D eigenvalue weighted by Crippen LogP contribution is -2.30. The summed E-state index contributed by atoms with van der Waals surface area (Å²) in [7, 11) is 2.01. The molecule has 1 fully saturated rings. The van der Waals surface area contributed by atoms with E-state index in [1.165, 1.54) is 12.1 Å². The molecule has 6 heteroatoms. The van der Waals surface area contributed by atoms with Crippen LogP contribution in [0.5, 0.6) is 0 Å². The highest BCUT2D eigenvalue weighted by Crippen LogP contribution is 2.41. The number of rotatable bonds is 3. The molecule has 2 atom stereocenters. The van der Waals surface area contributed by atoms with Crippen LogP contribution in [0.15, 0.2) is 67.0 Å². The van der Waals surface area contributed by atoms with Crippen LogP contribution in [-0.2, 0) is 7.05 Å². The maximum absolute atomic E-state index is 13.4. The first-order valence-electron chi connectivity index (χ1n) is 8.02. The molecule has 4 nitrogen and oxygen atoms in total. The molecule has 0 unspecified atom stereocenters. The SMILES string of the molecule is Cn1cccc1[C@@H]1[C@H](c2ccccn2)NC(=S)N1c1ccc(F)cc1. The minimum Gasteiger partial charge on any atom is -0.353 e. The predicted molar refractivity (Wildman–Crippen MR) is 99.7 cm³/mol. The van der Waals surface area contributed by atoms with Crippen LogP contribution < -0.4 is 10.2 Å². The van der Waals surface area contributed by atoms with Crippen LogP contribution in [0, 0.1) is 5.82 Å². The number of anilines is 1. The van der Waals surface area contributed by atoms with E-state index in [0.29, 0.717) is 5.11 Å². The van der Waals surface area contributed by atoms with Crippen molar-refractivity contribution < 1.29 is 4.39 Å². The average molecular weight is 352 g/mol. The van der Waals surface area contributed by atoms with Gasteiger partial charge in [-0.1, -0.05) is 6.07 Å². The Hall–Kier alpha value is -2.73. The Bertz CT molecular complexity index is 891. The Morgan fingerprint density at radius 3 is 2.52 bits per heavy atom. The van der Waals surface area contributed by atoms with Crippen molar-refractivity contribution in [3.8, 4) is 0 Å². The maximum Gasteiger partial charge on any atom is 0.174 e. The van der Waals surface area contributed by atoms with Gasteiger partial charge >= 0.3 is 0 Å². The van der Waals surface area contributed by atoms with Gasteiger partial charge in [0.05, 0.1) is 11.7 Å². The number of pyridine rings is 1. The predicted octanol–water partition coefficient (Wildman–Crippen LogP) is 3.74. The minimum absolute atomic E-state index is 0.0761. The number of hydrogen-bond acceptors (Lipinski definition) is 2. The van der Waals surface area contributed by atoms with Crippen LogP contribution >= 0.6 is 12.2 Å². The molecule has 4 rings (SSSR count).